The zero-order chi connectivity index (χ0) is 18.9. The van der Waals surface area contributed by atoms with E-state index in [1.165, 1.54) is 0 Å². The van der Waals surface area contributed by atoms with Crippen molar-refractivity contribution < 1.29 is 9.59 Å². The van der Waals surface area contributed by atoms with E-state index in [0.717, 1.165) is 51.1 Å². The second-order valence-electron chi connectivity index (χ2n) is 6.90. The molecule has 0 aromatic carbocycles. The molecule has 0 spiro atoms. The van der Waals surface area contributed by atoms with Crippen LogP contribution in [-0.2, 0) is 4.79 Å². The molecule has 0 aliphatic carbocycles. The van der Waals surface area contributed by atoms with E-state index in [0.29, 0.717) is 18.8 Å². The number of hydrogen-bond acceptors (Lipinski definition) is 4. The van der Waals surface area contributed by atoms with E-state index in [2.05, 4.69) is 29.0 Å². The number of aromatic nitrogens is 1. The Morgan fingerprint density at radius 2 is 1.92 bits per heavy atom. The standard InChI is InChI=1S/C20H32N4O2/c1-4-23(5-2)13-7-12-21-19(25)17-10-14-24(15-11-17)20(26)18-9-6-8-16(3)22-18/h6,8-9,17H,4-5,7,10-15H2,1-3H3,(H,21,25). The van der Waals surface area contributed by atoms with Crippen molar-refractivity contribution in [2.45, 2.75) is 40.0 Å². The van der Waals surface area contributed by atoms with Crippen LogP contribution < -0.4 is 5.32 Å². The summed E-state index contributed by atoms with van der Waals surface area (Å²) in [5.74, 6) is 0.107. The summed E-state index contributed by atoms with van der Waals surface area (Å²) >= 11 is 0. The molecule has 0 bridgehead atoms. The number of nitrogens with one attached hydrogen (secondary N) is 1. The van der Waals surface area contributed by atoms with Crippen LogP contribution in [0.4, 0.5) is 0 Å². The first kappa shape index (κ1) is 20.4. The Hall–Kier alpha value is -1.95. The first-order valence-corrected chi connectivity index (χ1v) is 9.78. The van der Waals surface area contributed by atoms with Crippen LogP contribution in [0.5, 0.6) is 0 Å². The number of carbonyl (C=O) groups excluding carboxylic acids is 2. The summed E-state index contributed by atoms with van der Waals surface area (Å²) in [6, 6.07) is 5.49. The van der Waals surface area contributed by atoms with Gasteiger partial charge in [-0.1, -0.05) is 19.9 Å². The van der Waals surface area contributed by atoms with Crippen molar-refractivity contribution >= 4 is 11.8 Å². The number of piperidine rings is 1. The largest absolute Gasteiger partial charge is 0.356 e. The van der Waals surface area contributed by atoms with Crippen molar-refractivity contribution in [3.8, 4) is 0 Å². The molecule has 144 valence electrons. The minimum absolute atomic E-state index is 0.0120. The molecule has 1 fully saturated rings. The lowest BCUT2D eigenvalue weighted by Crippen LogP contribution is -2.43. The van der Waals surface area contributed by atoms with Gasteiger partial charge in [0.05, 0.1) is 0 Å². The summed E-state index contributed by atoms with van der Waals surface area (Å²) in [6.45, 7) is 11.3. The topological polar surface area (TPSA) is 65.5 Å². The third-order valence-corrected chi connectivity index (χ3v) is 5.11. The van der Waals surface area contributed by atoms with Crippen molar-refractivity contribution in [3.63, 3.8) is 0 Å². The predicted octanol–water partition coefficient (Wildman–Crippen LogP) is 2.09. The Balaban J connectivity index is 1.72. The number of rotatable bonds is 8. The molecule has 2 amide bonds. The molecule has 1 N–H and O–H groups in total. The third kappa shape index (κ3) is 5.80. The summed E-state index contributed by atoms with van der Waals surface area (Å²) in [6.07, 6.45) is 2.42. The van der Waals surface area contributed by atoms with Gasteiger partial charge in [-0.3, -0.25) is 9.59 Å². The zero-order valence-electron chi connectivity index (χ0n) is 16.3. The molecule has 26 heavy (non-hydrogen) atoms. The highest BCUT2D eigenvalue weighted by atomic mass is 16.2. The fraction of sp³-hybridized carbons (Fsp3) is 0.650. The van der Waals surface area contributed by atoms with Crippen molar-refractivity contribution in [2.75, 3.05) is 39.3 Å². The van der Waals surface area contributed by atoms with Crippen LogP contribution in [0.15, 0.2) is 18.2 Å². The fourth-order valence-corrected chi connectivity index (χ4v) is 3.37. The first-order valence-electron chi connectivity index (χ1n) is 9.78. The quantitative estimate of drug-likeness (QED) is 0.721. The molecular formula is C20H32N4O2. The van der Waals surface area contributed by atoms with Crippen LogP contribution in [0, 0.1) is 12.8 Å². The van der Waals surface area contributed by atoms with E-state index in [9.17, 15) is 9.59 Å². The van der Waals surface area contributed by atoms with Crippen LogP contribution in [0.25, 0.3) is 0 Å². The lowest BCUT2D eigenvalue weighted by atomic mass is 9.95. The maximum absolute atomic E-state index is 12.5. The molecule has 1 aromatic heterocycles. The lowest BCUT2D eigenvalue weighted by Gasteiger charge is -2.31. The van der Waals surface area contributed by atoms with Gasteiger partial charge >= 0.3 is 0 Å². The van der Waals surface area contributed by atoms with Gasteiger partial charge in [-0.05, 0) is 58.0 Å². The van der Waals surface area contributed by atoms with Crippen molar-refractivity contribution in [3.05, 3.63) is 29.6 Å². The Kier molecular flexibility index (Phi) is 8.04. The fourth-order valence-electron chi connectivity index (χ4n) is 3.37. The number of pyridine rings is 1. The summed E-state index contributed by atoms with van der Waals surface area (Å²) in [5.41, 5.74) is 1.33. The number of carbonyl (C=O) groups is 2. The minimum atomic E-state index is -0.0354. The summed E-state index contributed by atoms with van der Waals surface area (Å²) < 4.78 is 0. The van der Waals surface area contributed by atoms with Crippen molar-refractivity contribution in [2.24, 2.45) is 5.92 Å². The highest BCUT2D eigenvalue weighted by molar-refractivity contribution is 5.92. The molecule has 2 heterocycles. The van der Waals surface area contributed by atoms with E-state index in [-0.39, 0.29) is 17.7 Å². The molecule has 0 saturated carbocycles. The number of hydrogen-bond donors (Lipinski definition) is 1. The Labute approximate surface area is 157 Å². The third-order valence-electron chi connectivity index (χ3n) is 5.11. The molecule has 0 unspecified atom stereocenters. The van der Waals surface area contributed by atoms with Gasteiger partial charge in [0.25, 0.3) is 5.91 Å². The highest BCUT2D eigenvalue weighted by Crippen LogP contribution is 2.19. The minimum Gasteiger partial charge on any atom is -0.356 e. The molecule has 2 rings (SSSR count). The number of aryl methyl sites for hydroxylation is 1. The van der Waals surface area contributed by atoms with E-state index in [1.807, 2.05) is 24.0 Å². The van der Waals surface area contributed by atoms with Gasteiger partial charge in [0.15, 0.2) is 0 Å². The molecule has 1 aliphatic heterocycles. The van der Waals surface area contributed by atoms with Gasteiger partial charge < -0.3 is 15.1 Å². The van der Waals surface area contributed by atoms with Gasteiger partial charge in [-0.15, -0.1) is 0 Å². The van der Waals surface area contributed by atoms with Crippen LogP contribution in [-0.4, -0.2) is 65.9 Å². The van der Waals surface area contributed by atoms with Gasteiger partial charge in [-0.2, -0.15) is 0 Å². The lowest BCUT2D eigenvalue weighted by molar-refractivity contribution is -0.126. The average Bonchev–Trinajstić information content (AvgIpc) is 2.67. The molecule has 6 nitrogen and oxygen atoms in total. The number of amides is 2. The van der Waals surface area contributed by atoms with Crippen LogP contribution >= 0.6 is 0 Å². The van der Waals surface area contributed by atoms with E-state index >= 15 is 0 Å². The number of likely N-dealkylation sites (tertiary alicyclic amines) is 1. The van der Waals surface area contributed by atoms with Crippen molar-refractivity contribution in [1.82, 2.24) is 20.1 Å². The molecular weight excluding hydrogens is 328 g/mol. The van der Waals surface area contributed by atoms with Gasteiger partial charge in [0.2, 0.25) is 5.91 Å². The zero-order valence-corrected chi connectivity index (χ0v) is 16.3. The van der Waals surface area contributed by atoms with Crippen LogP contribution in [0.2, 0.25) is 0 Å². The summed E-state index contributed by atoms with van der Waals surface area (Å²) in [7, 11) is 0. The van der Waals surface area contributed by atoms with Crippen LogP contribution in [0.1, 0.15) is 49.3 Å². The van der Waals surface area contributed by atoms with Crippen LogP contribution in [0.3, 0.4) is 0 Å². The number of nitrogens with zero attached hydrogens (tertiary/aromatic N) is 3. The second kappa shape index (κ2) is 10.3. The monoisotopic (exact) mass is 360 g/mol. The first-order chi connectivity index (χ1) is 12.5. The highest BCUT2D eigenvalue weighted by Gasteiger charge is 2.28. The summed E-state index contributed by atoms with van der Waals surface area (Å²) in [5, 5.41) is 3.06. The predicted molar refractivity (Wildman–Crippen MR) is 103 cm³/mol. The normalized spacial score (nSPS) is 15.3. The summed E-state index contributed by atoms with van der Waals surface area (Å²) in [4.78, 5) is 33.3. The molecule has 6 heteroatoms. The maximum Gasteiger partial charge on any atom is 0.272 e. The molecule has 1 aliphatic rings. The van der Waals surface area contributed by atoms with Gasteiger partial charge in [0, 0.05) is 31.2 Å². The molecule has 1 saturated heterocycles. The van der Waals surface area contributed by atoms with Gasteiger partial charge in [0.1, 0.15) is 5.69 Å². The molecule has 0 atom stereocenters. The van der Waals surface area contributed by atoms with E-state index in [4.69, 9.17) is 0 Å². The van der Waals surface area contributed by atoms with Crippen molar-refractivity contribution in [1.29, 1.82) is 0 Å². The molecule has 0 radical (unpaired) electrons. The Morgan fingerprint density at radius 3 is 2.54 bits per heavy atom. The van der Waals surface area contributed by atoms with E-state index < -0.39 is 0 Å². The smallest absolute Gasteiger partial charge is 0.272 e. The molecule has 1 aromatic rings. The van der Waals surface area contributed by atoms with E-state index in [1.54, 1.807) is 6.07 Å². The average molecular weight is 361 g/mol. The SMILES string of the molecule is CCN(CC)CCCNC(=O)C1CCN(C(=O)c2cccc(C)n2)CC1. The van der Waals surface area contributed by atoms with Gasteiger partial charge in [-0.25, -0.2) is 4.98 Å². The Morgan fingerprint density at radius 1 is 1.23 bits per heavy atom. The maximum atomic E-state index is 12.5. The Bertz CT molecular complexity index is 593. The second-order valence-corrected chi connectivity index (χ2v) is 6.90.